The van der Waals surface area contributed by atoms with Crippen LogP contribution in [0.2, 0.25) is 0 Å². The number of benzene rings is 2. The maximum atomic E-state index is 12.3. The third-order valence-electron chi connectivity index (χ3n) is 3.15. The molecule has 0 aliphatic heterocycles. The summed E-state index contributed by atoms with van der Waals surface area (Å²) in [5, 5.41) is 5.25. The number of halogens is 1. The molecule has 2 amide bonds. The molecule has 2 aromatic carbocycles. The summed E-state index contributed by atoms with van der Waals surface area (Å²) in [6.07, 6.45) is 0. The summed E-state index contributed by atoms with van der Waals surface area (Å²) >= 11 is 3.35. The summed E-state index contributed by atoms with van der Waals surface area (Å²) < 4.78 is 11.2. The number of carbonyl (C=O) groups is 2. The quantitative estimate of drug-likeness (QED) is 0.792. The van der Waals surface area contributed by atoms with Gasteiger partial charge >= 0.3 is 0 Å². The van der Waals surface area contributed by atoms with Crippen LogP contribution >= 0.6 is 15.9 Å². The first-order chi connectivity index (χ1) is 11.5. The zero-order valence-electron chi connectivity index (χ0n) is 13.3. The van der Waals surface area contributed by atoms with Gasteiger partial charge in [-0.05, 0) is 46.3 Å². The fourth-order valence-electron chi connectivity index (χ4n) is 1.90. The van der Waals surface area contributed by atoms with Gasteiger partial charge in [-0.15, -0.1) is 0 Å². The Morgan fingerprint density at radius 3 is 2.62 bits per heavy atom. The van der Waals surface area contributed by atoms with E-state index in [1.165, 1.54) is 7.05 Å². The van der Waals surface area contributed by atoms with Crippen molar-refractivity contribution >= 4 is 33.4 Å². The molecule has 0 aliphatic carbocycles. The van der Waals surface area contributed by atoms with Gasteiger partial charge in [0.25, 0.3) is 11.8 Å². The third kappa shape index (κ3) is 4.73. The molecule has 24 heavy (non-hydrogen) atoms. The zero-order valence-corrected chi connectivity index (χ0v) is 14.8. The number of hydrogen-bond acceptors (Lipinski definition) is 4. The number of ether oxygens (including phenoxy) is 2. The number of rotatable bonds is 6. The Labute approximate surface area is 148 Å². The minimum Gasteiger partial charge on any atom is -0.496 e. The molecular formula is C17H17BrN2O4. The standard InChI is InChI=1S/C17H17BrN2O4/c1-19-16(21)10-24-13-5-3-4-12(9-13)20-17(22)11-6-7-15(23-2)14(18)8-11/h3-9H,10H2,1-2H3,(H,19,21)(H,20,22). The highest BCUT2D eigenvalue weighted by molar-refractivity contribution is 9.10. The predicted molar refractivity (Wildman–Crippen MR) is 94.7 cm³/mol. The minimum atomic E-state index is -0.262. The van der Waals surface area contributed by atoms with E-state index in [1.54, 1.807) is 49.6 Å². The topological polar surface area (TPSA) is 76.7 Å². The van der Waals surface area contributed by atoms with Crippen molar-refractivity contribution in [2.45, 2.75) is 0 Å². The first-order valence-electron chi connectivity index (χ1n) is 7.12. The van der Waals surface area contributed by atoms with Crippen LogP contribution < -0.4 is 20.1 Å². The van der Waals surface area contributed by atoms with Crippen molar-refractivity contribution in [2.24, 2.45) is 0 Å². The molecule has 6 nitrogen and oxygen atoms in total. The first kappa shape index (κ1) is 17.8. The fraction of sp³-hybridized carbons (Fsp3) is 0.176. The van der Waals surface area contributed by atoms with E-state index in [0.29, 0.717) is 27.2 Å². The van der Waals surface area contributed by atoms with Crippen LogP contribution in [-0.2, 0) is 4.79 Å². The second kappa shape index (κ2) is 8.35. The van der Waals surface area contributed by atoms with Crippen molar-refractivity contribution in [3.8, 4) is 11.5 Å². The monoisotopic (exact) mass is 392 g/mol. The van der Waals surface area contributed by atoms with Crippen LogP contribution in [0.1, 0.15) is 10.4 Å². The van der Waals surface area contributed by atoms with Crippen molar-refractivity contribution in [3.63, 3.8) is 0 Å². The molecule has 0 unspecified atom stereocenters. The lowest BCUT2D eigenvalue weighted by atomic mass is 10.2. The molecule has 0 heterocycles. The van der Waals surface area contributed by atoms with Crippen LogP contribution in [0.4, 0.5) is 5.69 Å². The van der Waals surface area contributed by atoms with Gasteiger partial charge in [0.1, 0.15) is 11.5 Å². The van der Waals surface area contributed by atoms with Gasteiger partial charge in [0.05, 0.1) is 11.6 Å². The molecular weight excluding hydrogens is 376 g/mol. The summed E-state index contributed by atoms with van der Waals surface area (Å²) in [6, 6.07) is 11.9. The van der Waals surface area contributed by atoms with Crippen molar-refractivity contribution in [2.75, 3.05) is 26.1 Å². The van der Waals surface area contributed by atoms with Gasteiger partial charge in [0.15, 0.2) is 6.61 Å². The number of nitrogens with one attached hydrogen (secondary N) is 2. The molecule has 126 valence electrons. The molecule has 0 radical (unpaired) electrons. The van der Waals surface area contributed by atoms with Gasteiger partial charge in [0.2, 0.25) is 0 Å². The Kier molecular flexibility index (Phi) is 6.20. The van der Waals surface area contributed by atoms with E-state index in [1.807, 2.05) is 0 Å². The Hall–Kier alpha value is -2.54. The Bertz CT molecular complexity index is 749. The van der Waals surface area contributed by atoms with Crippen molar-refractivity contribution in [1.29, 1.82) is 0 Å². The van der Waals surface area contributed by atoms with E-state index in [0.717, 1.165) is 0 Å². The van der Waals surface area contributed by atoms with Gasteiger partial charge in [-0.1, -0.05) is 6.07 Å². The molecule has 2 rings (SSSR count). The lowest BCUT2D eigenvalue weighted by Gasteiger charge is -2.10. The van der Waals surface area contributed by atoms with Gasteiger partial charge in [-0.25, -0.2) is 0 Å². The van der Waals surface area contributed by atoms with Gasteiger partial charge in [-0.3, -0.25) is 9.59 Å². The van der Waals surface area contributed by atoms with Crippen LogP contribution in [0, 0.1) is 0 Å². The number of amides is 2. The lowest BCUT2D eigenvalue weighted by molar-refractivity contribution is -0.122. The second-order valence-electron chi connectivity index (χ2n) is 4.79. The molecule has 2 N–H and O–H groups in total. The number of anilines is 1. The number of hydrogen-bond donors (Lipinski definition) is 2. The van der Waals surface area contributed by atoms with E-state index in [2.05, 4.69) is 26.6 Å². The third-order valence-corrected chi connectivity index (χ3v) is 3.77. The molecule has 0 saturated carbocycles. The van der Waals surface area contributed by atoms with E-state index in [-0.39, 0.29) is 18.4 Å². The van der Waals surface area contributed by atoms with Gasteiger partial charge in [0, 0.05) is 24.4 Å². The Morgan fingerprint density at radius 1 is 1.17 bits per heavy atom. The highest BCUT2D eigenvalue weighted by atomic mass is 79.9. The summed E-state index contributed by atoms with van der Waals surface area (Å²) in [4.78, 5) is 23.5. The Morgan fingerprint density at radius 2 is 1.96 bits per heavy atom. The number of carbonyl (C=O) groups excluding carboxylic acids is 2. The highest BCUT2D eigenvalue weighted by Gasteiger charge is 2.10. The number of likely N-dealkylation sites (N-methyl/N-ethyl adjacent to an activating group) is 1. The zero-order chi connectivity index (χ0) is 17.5. The molecule has 0 spiro atoms. The molecule has 0 atom stereocenters. The van der Waals surface area contributed by atoms with Crippen LogP contribution in [0.25, 0.3) is 0 Å². The average Bonchev–Trinajstić information content (AvgIpc) is 2.59. The molecule has 0 aromatic heterocycles. The summed E-state index contributed by atoms with van der Waals surface area (Å²) in [6.45, 7) is -0.0840. The van der Waals surface area contributed by atoms with Crippen molar-refractivity contribution < 1.29 is 19.1 Å². The van der Waals surface area contributed by atoms with Crippen LogP contribution in [0.3, 0.4) is 0 Å². The number of methoxy groups -OCH3 is 1. The molecule has 0 fully saturated rings. The van der Waals surface area contributed by atoms with Crippen LogP contribution in [0.15, 0.2) is 46.9 Å². The lowest BCUT2D eigenvalue weighted by Crippen LogP contribution is -2.24. The molecule has 0 bridgehead atoms. The molecule has 0 saturated heterocycles. The molecule has 7 heteroatoms. The molecule has 0 aliphatic rings. The van der Waals surface area contributed by atoms with E-state index >= 15 is 0 Å². The maximum absolute atomic E-state index is 12.3. The van der Waals surface area contributed by atoms with Gasteiger partial charge in [-0.2, -0.15) is 0 Å². The smallest absolute Gasteiger partial charge is 0.257 e. The first-order valence-corrected chi connectivity index (χ1v) is 7.91. The van der Waals surface area contributed by atoms with Crippen molar-refractivity contribution in [3.05, 3.63) is 52.5 Å². The largest absolute Gasteiger partial charge is 0.496 e. The van der Waals surface area contributed by atoms with Crippen LogP contribution in [-0.4, -0.2) is 32.6 Å². The fourth-order valence-corrected chi connectivity index (χ4v) is 2.44. The SMILES string of the molecule is CNC(=O)COc1cccc(NC(=O)c2ccc(OC)c(Br)c2)c1. The van der Waals surface area contributed by atoms with Crippen LogP contribution in [0.5, 0.6) is 11.5 Å². The van der Waals surface area contributed by atoms with E-state index < -0.39 is 0 Å². The van der Waals surface area contributed by atoms with E-state index in [4.69, 9.17) is 9.47 Å². The Balaban J connectivity index is 2.06. The average molecular weight is 393 g/mol. The highest BCUT2D eigenvalue weighted by Crippen LogP contribution is 2.26. The van der Waals surface area contributed by atoms with E-state index in [9.17, 15) is 9.59 Å². The normalized spacial score (nSPS) is 9.96. The van der Waals surface area contributed by atoms with Crippen molar-refractivity contribution in [1.82, 2.24) is 5.32 Å². The second-order valence-corrected chi connectivity index (χ2v) is 5.65. The summed E-state index contributed by atoms with van der Waals surface area (Å²) in [5.41, 5.74) is 1.06. The summed E-state index contributed by atoms with van der Waals surface area (Å²) in [7, 11) is 3.10. The predicted octanol–water partition coefficient (Wildman–Crippen LogP) is 2.83. The summed E-state index contributed by atoms with van der Waals surface area (Å²) in [5.74, 6) is 0.651. The minimum absolute atomic E-state index is 0.0840. The van der Waals surface area contributed by atoms with Gasteiger partial charge < -0.3 is 20.1 Å². The maximum Gasteiger partial charge on any atom is 0.257 e. The molecule has 2 aromatic rings.